The summed E-state index contributed by atoms with van der Waals surface area (Å²) in [6.07, 6.45) is 0.433. The van der Waals surface area contributed by atoms with Gasteiger partial charge >= 0.3 is 0 Å². The number of hydrogen-bond donors (Lipinski definition) is 3. The van der Waals surface area contributed by atoms with Gasteiger partial charge in [0.2, 0.25) is 11.8 Å². The van der Waals surface area contributed by atoms with Crippen molar-refractivity contribution in [2.24, 2.45) is 0 Å². The zero-order valence-corrected chi connectivity index (χ0v) is 20.3. The molecule has 3 atom stereocenters. The summed E-state index contributed by atoms with van der Waals surface area (Å²) < 4.78 is 39.8. The van der Waals surface area contributed by atoms with Gasteiger partial charge in [-0.3, -0.25) is 14.9 Å². The molecule has 2 aromatic carbocycles. The van der Waals surface area contributed by atoms with Crippen LogP contribution in [-0.2, 0) is 19.4 Å². The van der Waals surface area contributed by atoms with Crippen molar-refractivity contribution in [1.82, 2.24) is 10.6 Å². The van der Waals surface area contributed by atoms with Crippen molar-refractivity contribution in [3.8, 4) is 0 Å². The third-order valence-electron chi connectivity index (χ3n) is 5.40. The fraction of sp³-hybridized carbons (Fsp3) is 0.391. The van der Waals surface area contributed by atoms with Crippen LogP contribution in [0.1, 0.15) is 38.7 Å². The molecule has 7 nitrogen and oxygen atoms in total. The number of para-hydroxylation sites is 1. The van der Waals surface area contributed by atoms with Crippen molar-refractivity contribution >= 4 is 39.1 Å². The zero-order chi connectivity index (χ0) is 24.2. The molecule has 3 N–H and O–H groups in total. The highest BCUT2D eigenvalue weighted by molar-refractivity contribution is 8.01. The highest BCUT2D eigenvalue weighted by atomic mass is 32.2. The van der Waals surface area contributed by atoms with Crippen LogP contribution in [0, 0.1) is 5.82 Å². The van der Waals surface area contributed by atoms with E-state index < -0.39 is 43.5 Å². The molecule has 0 saturated carbocycles. The molecule has 1 heterocycles. The Kier molecular flexibility index (Phi) is 8.14. The first-order valence-electron chi connectivity index (χ1n) is 10.7. The summed E-state index contributed by atoms with van der Waals surface area (Å²) in [5, 5.41) is 6.35. The van der Waals surface area contributed by atoms with Crippen LogP contribution >= 0.6 is 11.8 Å². The minimum Gasteiger partial charge on any atom is -0.331 e. The Hall–Kier alpha value is -2.43. The van der Waals surface area contributed by atoms with Gasteiger partial charge in [-0.1, -0.05) is 45.0 Å². The predicted octanol–water partition coefficient (Wildman–Crippen LogP) is 3.24. The highest BCUT2D eigenvalue weighted by Gasteiger charge is 2.39. The van der Waals surface area contributed by atoms with E-state index in [2.05, 4.69) is 16.0 Å². The molecule has 2 amide bonds. The number of carbonyl (C=O) groups is 2. The van der Waals surface area contributed by atoms with Gasteiger partial charge in [-0.05, 0) is 42.2 Å². The standard InChI is InChI=1S/C23H28FN3O4S2/c1-4-19(21(28)26-18-8-6-5-7-17(18)24)32-23-25-13-20(22(29)27-23)33(30,31)16-11-9-15(10-12-16)14(2)3/h5-12,14,19-20,23,25H,4,13H2,1-3H3,(H,26,28)(H,27,29). The normalized spacial score (nSPS) is 19.7. The summed E-state index contributed by atoms with van der Waals surface area (Å²) in [5.74, 6) is -1.29. The summed E-state index contributed by atoms with van der Waals surface area (Å²) in [6, 6.07) is 12.4. The number of rotatable bonds is 8. The Morgan fingerprint density at radius 2 is 1.85 bits per heavy atom. The molecule has 178 valence electrons. The van der Waals surface area contributed by atoms with Gasteiger partial charge < -0.3 is 10.6 Å². The molecular weight excluding hydrogens is 465 g/mol. The molecule has 0 spiro atoms. The molecule has 33 heavy (non-hydrogen) atoms. The van der Waals surface area contributed by atoms with Crippen LogP contribution in [-0.4, -0.2) is 42.8 Å². The van der Waals surface area contributed by atoms with E-state index in [0.29, 0.717) is 6.42 Å². The smallest absolute Gasteiger partial charge is 0.241 e. The molecule has 3 rings (SSSR count). The Balaban J connectivity index is 1.63. The van der Waals surface area contributed by atoms with Gasteiger partial charge in [0, 0.05) is 6.54 Å². The van der Waals surface area contributed by atoms with Crippen LogP contribution in [0.15, 0.2) is 53.4 Å². The molecule has 0 radical (unpaired) electrons. The molecule has 0 aliphatic carbocycles. The largest absolute Gasteiger partial charge is 0.331 e. The number of carbonyl (C=O) groups excluding carboxylic acids is 2. The van der Waals surface area contributed by atoms with Gasteiger partial charge in [-0.2, -0.15) is 0 Å². The van der Waals surface area contributed by atoms with Crippen molar-refractivity contribution in [2.75, 3.05) is 11.9 Å². The second kappa shape index (κ2) is 10.7. The van der Waals surface area contributed by atoms with E-state index >= 15 is 0 Å². The first-order chi connectivity index (χ1) is 15.6. The third kappa shape index (κ3) is 5.93. The van der Waals surface area contributed by atoms with E-state index in [0.717, 1.165) is 17.3 Å². The number of benzene rings is 2. The first-order valence-corrected chi connectivity index (χ1v) is 13.2. The molecule has 10 heteroatoms. The van der Waals surface area contributed by atoms with Gasteiger partial charge in [0.25, 0.3) is 0 Å². The maximum absolute atomic E-state index is 13.8. The van der Waals surface area contributed by atoms with Gasteiger partial charge in [-0.15, -0.1) is 11.8 Å². The number of anilines is 1. The maximum Gasteiger partial charge on any atom is 0.241 e. The van der Waals surface area contributed by atoms with Crippen molar-refractivity contribution in [3.05, 3.63) is 59.9 Å². The Morgan fingerprint density at radius 1 is 1.18 bits per heavy atom. The van der Waals surface area contributed by atoms with Crippen LogP contribution in [0.3, 0.4) is 0 Å². The van der Waals surface area contributed by atoms with Crippen molar-refractivity contribution in [1.29, 1.82) is 0 Å². The lowest BCUT2D eigenvalue weighted by Crippen LogP contribution is -2.60. The predicted molar refractivity (Wildman–Crippen MR) is 128 cm³/mol. The quantitative estimate of drug-likeness (QED) is 0.522. The second-order valence-electron chi connectivity index (χ2n) is 8.06. The number of sulfone groups is 1. The summed E-state index contributed by atoms with van der Waals surface area (Å²) >= 11 is 1.14. The number of halogens is 1. The van der Waals surface area contributed by atoms with Crippen molar-refractivity contribution in [3.63, 3.8) is 0 Å². The van der Waals surface area contributed by atoms with Crippen LogP contribution < -0.4 is 16.0 Å². The fourth-order valence-electron chi connectivity index (χ4n) is 3.40. The molecule has 2 aromatic rings. The zero-order valence-electron chi connectivity index (χ0n) is 18.7. The topological polar surface area (TPSA) is 104 Å². The van der Waals surface area contributed by atoms with Crippen LogP contribution in [0.5, 0.6) is 0 Å². The van der Waals surface area contributed by atoms with E-state index in [-0.39, 0.29) is 23.0 Å². The van der Waals surface area contributed by atoms with E-state index in [1.54, 1.807) is 25.1 Å². The Labute approximate surface area is 197 Å². The monoisotopic (exact) mass is 493 g/mol. The average Bonchev–Trinajstić information content (AvgIpc) is 2.78. The second-order valence-corrected chi connectivity index (χ2v) is 11.5. The molecule has 1 aliphatic rings. The molecular formula is C23H28FN3O4S2. The highest BCUT2D eigenvalue weighted by Crippen LogP contribution is 2.25. The lowest BCUT2D eigenvalue weighted by Gasteiger charge is -2.31. The van der Waals surface area contributed by atoms with Gasteiger partial charge in [0.1, 0.15) is 11.3 Å². The molecule has 1 saturated heterocycles. The molecule has 1 fully saturated rings. The fourth-order valence-corrected chi connectivity index (χ4v) is 5.99. The van der Waals surface area contributed by atoms with E-state index in [1.807, 2.05) is 13.8 Å². The van der Waals surface area contributed by atoms with Crippen LogP contribution in [0.25, 0.3) is 0 Å². The minimum atomic E-state index is -3.88. The summed E-state index contributed by atoms with van der Waals surface area (Å²) in [7, 11) is -3.88. The van der Waals surface area contributed by atoms with Crippen LogP contribution in [0.4, 0.5) is 10.1 Å². The van der Waals surface area contributed by atoms with Gasteiger partial charge in [0.15, 0.2) is 15.1 Å². The summed E-state index contributed by atoms with van der Waals surface area (Å²) in [6.45, 7) is 5.75. The summed E-state index contributed by atoms with van der Waals surface area (Å²) in [5.41, 5.74) is 0.441. The molecule has 0 aromatic heterocycles. The van der Waals surface area contributed by atoms with Crippen molar-refractivity contribution in [2.45, 2.75) is 54.0 Å². The molecule has 0 bridgehead atoms. The lowest BCUT2D eigenvalue weighted by molar-refractivity contribution is -0.122. The van der Waals surface area contributed by atoms with E-state index in [4.69, 9.17) is 0 Å². The Morgan fingerprint density at radius 3 is 2.42 bits per heavy atom. The van der Waals surface area contributed by atoms with Gasteiger partial charge in [0.05, 0.1) is 15.8 Å². The third-order valence-corrected chi connectivity index (χ3v) is 8.89. The first kappa shape index (κ1) is 25.2. The molecule has 3 unspecified atom stereocenters. The van der Waals surface area contributed by atoms with E-state index in [9.17, 15) is 22.4 Å². The number of thioether (sulfide) groups is 1. The average molecular weight is 494 g/mol. The molecule has 1 aliphatic heterocycles. The van der Waals surface area contributed by atoms with Crippen molar-refractivity contribution < 1.29 is 22.4 Å². The lowest BCUT2D eigenvalue weighted by atomic mass is 10.0. The number of amides is 2. The minimum absolute atomic E-state index is 0.0802. The van der Waals surface area contributed by atoms with Crippen LogP contribution in [0.2, 0.25) is 0 Å². The summed E-state index contributed by atoms with van der Waals surface area (Å²) in [4.78, 5) is 25.4. The number of hydrogen-bond acceptors (Lipinski definition) is 6. The SMILES string of the molecule is CCC(SC1NCC(S(=O)(=O)c2ccc(C(C)C)cc2)C(=O)N1)C(=O)Nc1ccccc1F. The maximum atomic E-state index is 13.8. The van der Waals surface area contributed by atoms with E-state index in [1.165, 1.54) is 30.3 Å². The number of nitrogens with one attached hydrogen (secondary N) is 3. The Bertz CT molecular complexity index is 1110. The van der Waals surface area contributed by atoms with Gasteiger partial charge in [-0.25, -0.2) is 12.8 Å².